The van der Waals surface area contributed by atoms with Gasteiger partial charge in [-0.15, -0.1) is 0 Å². The molecule has 3 N–H and O–H groups in total. The van der Waals surface area contributed by atoms with E-state index in [2.05, 4.69) is 15.5 Å². The lowest BCUT2D eigenvalue weighted by Gasteiger charge is -2.05. The number of nitrogens with two attached hydrogens (primary N) is 1. The van der Waals surface area contributed by atoms with Gasteiger partial charge in [-0.1, -0.05) is 0 Å². The summed E-state index contributed by atoms with van der Waals surface area (Å²) in [6.07, 6.45) is 1.45. The number of aryl methyl sites for hydroxylation is 3. The number of anilines is 2. The summed E-state index contributed by atoms with van der Waals surface area (Å²) in [7, 11) is 3.43. The maximum absolute atomic E-state index is 12.0. The number of amides is 1. The molecule has 1 amide bonds. The van der Waals surface area contributed by atoms with Gasteiger partial charge in [-0.3, -0.25) is 14.2 Å². The summed E-state index contributed by atoms with van der Waals surface area (Å²) in [6.45, 7) is 1.86. The van der Waals surface area contributed by atoms with Crippen molar-refractivity contribution >= 4 is 17.4 Å². The first-order valence-electron chi connectivity index (χ1n) is 5.08. The Morgan fingerprint density at radius 3 is 2.59 bits per heavy atom. The van der Waals surface area contributed by atoms with Gasteiger partial charge in [-0.05, 0) is 6.92 Å². The van der Waals surface area contributed by atoms with Crippen molar-refractivity contribution in [3.63, 3.8) is 0 Å². The SMILES string of the molecule is Cc1cc(NC(=O)c2c(N)cnn2C)n(C)n1. The number of nitrogens with zero attached hydrogens (tertiary/aromatic N) is 4. The zero-order chi connectivity index (χ0) is 12.6. The van der Waals surface area contributed by atoms with Gasteiger partial charge < -0.3 is 11.1 Å². The van der Waals surface area contributed by atoms with Crippen molar-refractivity contribution in [1.29, 1.82) is 0 Å². The largest absolute Gasteiger partial charge is 0.396 e. The summed E-state index contributed by atoms with van der Waals surface area (Å²) in [4.78, 5) is 12.0. The fourth-order valence-electron chi connectivity index (χ4n) is 1.64. The average molecular weight is 234 g/mol. The Labute approximate surface area is 98.2 Å². The number of carbonyl (C=O) groups is 1. The van der Waals surface area contributed by atoms with Crippen molar-refractivity contribution in [1.82, 2.24) is 19.6 Å². The number of hydrogen-bond donors (Lipinski definition) is 2. The predicted molar refractivity (Wildman–Crippen MR) is 63.5 cm³/mol. The van der Waals surface area contributed by atoms with Crippen LogP contribution in [0.5, 0.6) is 0 Å². The van der Waals surface area contributed by atoms with Gasteiger partial charge in [0, 0.05) is 20.2 Å². The molecule has 2 aromatic heterocycles. The molecule has 0 fully saturated rings. The molecule has 0 spiro atoms. The van der Waals surface area contributed by atoms with Crippen LogP contribution in [0, 0.1) is 6.92 Å². The molecule has 0 aliphatic heterocycles. The quantitative estimate of drug-likeness (QED) is 0.781. The van der Waals surface area contributed by atoms with E-state index in [1.807, 2.05) is 6.92 Å². The first-order valence-corrected chi connectivity index (χ1v) is 5.08. The van der Waals surface area contributed by atoms with Crippen LogP contribution >= 0.6 is 0 Å². The fraction of sp³-hybridized carbons (Fsp3) is 0.300. The molecule has 7 heteroatoms. The summed E-state index contributed by atoms with van der Waals surface area (Å²) in [6, 6.07) is 1.78. The average Bonchev–Trinajstić information content (AvgIpc) is 2.71. The maximum Gasteiger partial charge on any atom is 0.277 e. The van der Waals surface area contributed by atoms with Crippen LogP contribution in [0.2, 0.25) is 0 Å². The van der Waals surface area contributed by atoms with Crippen LogP contribution in [0.15, 0.2) is 12.3 Å². The minimum absolute atomic E-state index is 0.300. The van der Waals surface area contributed by atoms with E-state index in [1.165, 1.54) is 10.9 Å². The van der Waals surface area contributed by atoms with Gasteiger partial charge in [0.15, 0.2) is 0 Å². The normalized spacial score (nSPS) is 10.5. The van der Waals surface area contributed by atoms with Gasteiger partial charge in [0.05, 0.1) is 17.6 Å². The van der Waals surface area contributed by atoms with Crippen molar-refractivity contribution in [2.45, 2.75) is 6.92 Å². The molecule has 0 aliphatic rings. The highest BCUT2D eigenvalue weighted by Crippen LogP contribution is 2.13. The summed E-state index contributed by atoms with van der Waals surface area (Å²) >= 11 is 0. The summed E-state index contributed by atoms with van der Waals surface area (Å²) in [5.41, 5.74) is 7.19. The zero-order valence-corrected chi connectivity index (χ0v) is 9.93. The van der Waals surface area contributed by atoms with E-state index < -0.39 is 0 Å². The van der Waals surface area contributed by atoms with Gasteiger partial charge >= 0.3 is 0 Å². The Balaban J connectivity index is 2.26. The molecular formula is C10H14N6O. The van der Waals surface area contributed by atoms with Crippen molar-refractivity contribution in [3.8, 4) is 0 Å². The Kier molecular flexibility index (Phi) is 2.58. The van der Waals surface area contributed by atoms with Crippen molar-refractivity contribution < 1.29 is 4.79 Å². The summed E-state index contributed by atoms with van der Waals surface area (Å²) in [5, 5.41) is 10.8. The minimum Gasteiger partial charge on any atom is -0.396 e. The molecule has 0 aliphatic carbocycles. The van der Waals surface area contributed by atoms with Crippen LogP contribution in [-0.4, -0.2) is 25.5 Å². The predicted octanol–water partition coefficient (Wildman–Crippen LogP) is 0.297. The van der Waals surface area contributed by atoms with E-state index in [-0.39, 0.29) is 5.91 Å². The minimum atomic E-state index is -0.300. The Bertz CT molecular complexity index is 548. The molecular weight excluding hydrogens is 220 g/mol. The Morgan fingerprint density at radius 2 is 2.12 bits per heavy atom. The number of hydrogen-bond acceptors (Lipinski definition) is 4. The second-order valence-electron chi connectivity index (χ2n) is 3.82. The number of aromatic nitrogens is 4. The standard InChI is InChI=1S/C10H14N6O/c1-6-4-8(15(2)14-6)13-10(17)9-7(11)5-12-16(9)3/h4-5H,11H2,1-3H3,(H,13,17). The molecule has 2 aromatic rings. The lowest BCUT2D eigenvalue weighted by Crippen LogP contribution is -2.19. The molecule has 17 heavy (non-hydrogen) atoms. The molecule has 0 radical (unpaired) electrons. The fourth-order valence-corrected chi connectivity index (χ4v) is 1.64. The highest BCUT2D eigenvalue weighted by molar-refractivity contribution is 6.05. The number of nitrogen functional groups attached to an aromatic ring is 1. The van der Waals surface area contributed by atoms with Gasteiger partial charge in [0.1, 0.15) is 11.5 Å². The van der Waals surface area contributed by atoms with Crippen LogP contribution in [0.1, 0.15) is 16.2 Å². The summed E-state index contributed by atoms with van der Waals surface area (Å²) in [5.74, 6) is 0.318. The van der Waals surface area contributed by atoms with E-state index in [0.29, 0.717) is 17.2 Å². The van der Waals surface area contributed by atoms with Crippen LogP contribution < -0.4 is 11.1 Å². The lowest BCUT2D eigenvalue weighted by molar-refractivity contribution is 0.101. The molecule has 0 bridgehead atoms. The van der Waals surface area contributed by atoms with Crippen molar-refractivity contribution in [2.24, 2.45) is 14.1 Å². The van der Waals surface area contributed by atoms with E-state index in [1.54, 1.807) is 24.8 Å². The zero-order valence-electron chi connectivity index (χ0n) is 9.93. The van der Waals surface area contributed by atoms with Crippen molar-refractivity contribution in [2.75, 3.05) is 11.1 Å². The molecule has 0 atom stereocenters. The Morgan fingerprint density at radius 1 is 1.41 bits per heavy atom. The third-order valence-corrected chi connectivity index (χ3v) is 2.43. The van der Waals surface area contributed by atoms with E-state index >= 15 is 0 Å². The number of rotatable bonds is 2. The molecule has 0 saturated heterocycles. The van der Waals surface area contributed by atoms with Crippen LogP contribution in [-0.2, 0) is 14.1 Å². The van der Waals surface area contributed by atoms with Gasteiger partial charge in [-0.25, -0.2) is 0 Å². The molecule has 0 aromatic carbocycles. The molecule has 90 valence electrons. The second kappa shape index (κ2) is 3.93. The molecule has 0 unspecified atom stereocenters. The van der Waals surface area contributed by atoms with Crippen LogP contribution in [0.4, 0.5) is 11.5 Å². The highest BCUT2D eigenvalue weighted by Gasteiger charge is 2.16. The van der Waals surface area contributed by atoms with E-state index in [9.17, 15) is 4.79 Å². The van der Waals surface area contributed by atoms with Crippen LogP contribution in [0.3, 0.4) is 0 Å². The third-order valence-electron chi connectivity index (χ3n) is 2.43. The smallest absolute Gasteiger partial charge is 0.277 e. The van der Waals surface area contributed by atoms with Crippen LogP contribution in [0.25, 0.3) is 0 Å². The molecule has 7 nitrogen and oxygen atoms in total. The van der Waals surface area contributed by atoms with E-state index in [0.717, 1.165) is 5.69 Å². The third kappa shape index (κ3) is 1.99. The first-order chi connectivity index (χ1) is 7.99. The number of carbonyl (C=O) groups excluding carboxylic acids is 1. The van der Waals surface area contributed by atoms with E-state index in [4.69, 9.17) is 5.73 Å². The van der Waals surface area contributed by atoms with Gasteiger partial charge in [0.2, 0.25) is 0 Å². The topological polar surface area (TPSA) is 90.8 Å². The highest BCUT2D eigenvalue weighted by atomic mass is 16.2. The Hall–Kier alpha value is -2.31. The molecule has 2 heterocycles. The van der Waals surface area contributed by atoms with Crippen molar-refractivity contribution in [3.05, 3.63) is 23.7 Å². The first kappa shape index (κ1) is 11.2. The van der Waals surface area contributed by atoms with Gasteiger partial charge in [-0.2, -0.15) is 10.2 Å². The summed E-state index contributed by atoms with van der Waals surface area (Å²) < 4.78 is 3.04. The van der Waals surface area contributed by atoms with Gasteiger partial charge in [0.25, 0.3) is 5.91 Å². The second-order valence-corrected chi connectivity index (χ2v) is 3.82. The monoisotopic (exact) mass is 234 g/mol. The number of nitrogens with one attached hydrogen (secondary N) is 1. The molecule has 0 saturated carbocycles. The maximum atomic E-state index is 12.0. The lowest BCUT2D eigenvalue weighted by atomic mass is 10.3. The molecule has 2 rings (SSSR count).